The fourth-order valence-corrected chi connectivity index (χ4v) is 3.37. The lowest BCUT2D eigenvalue weighted by Gasteiger charge is -2.27. The summed E-state index contributed by atoms with van der Waals surface area (Å²) in [4.78, 5) is 13.8. The van der Waals surface area contributed by atoms with Gasteiger partial charge in [-0.15, -0.1) is 0 Å². The Bertz CT molecular complexity index is 945. The quantitative estimate of drug-likeness (QED) is 0.430. The first kappa shape index (κ1) is 25.5. The summed E-state index contributed by atoms with van der Waals surface area (Å²) in [5, 5.41) is 12.5. The van der Waals surface area contributed by atoms with Crippen LogP contribution in [0.1, 0.15) is 31.9 Å². The Hall–Kier alpha value is -2.81. The van der Waals surface area contributed by atoms with E-state index in [0.29, 0.717) is 5.69 Å². The van der Waals surface area contributed by atoms with Crippen molar-refractivity contribution in [2.75, 3.05) is 26.1 Å². The predicted molar refractivity (Wildman–Crippen MR) is 115 cm³/mol. The van der Waals surface area contributed by atoms with Crippen molar-refractivity contribution in [1.29, 1.82) is 0 Å². The average Bonchev–Trinajstić information content (AvgIpc) is 2.69. The van der Waals surface area contributed by atoms with E-state index >= 15 is 0 Å². The van der Waals surface area contributed by atoms with Gasteiger partial charge in [0.1, 0.15) is 23.7 Å². The molecule has 0 aromatic heterocycles. The van der Waals surface area contributed by atoms with Crippen LogP contribution in [0.4, 0.5) is 23.2 Å². The van der Waals surface area contributed by atoms with Crippen LogP contribution in [0, 0.1) is 11.7 Å². The Labute approximate surface area is 185 Å². The zero-order valence-electron chi connectivity index (χ0n) is 18.6. The first-order valence-corrected chi connectivity index (χ1v) is 10.1. The maximum atomic E-state index is 15.0. The van der Waals surface area contributed by atoms with E-state index in [-0.39, 0.29) is 34.8 Å². The van der Waals surface area contributed by atoms with Crippen molar-refractivity contribution >= 4 is 11.7 Å². The van der Waals surface area contributed by atoms with Gasteiger partial charge in [-0.25, -0.2) is 4.39 Å². The highest BCUT2D eigenvalue weighted by Gasteiger charge is 2.43. The van der Waals surface area contributed by atoms with Crippen LogP contribution in [0.15, 0.2) is 36.4 Å². The monoisotopic (exact) mass is 456 g/mol. The Kier molecular flexibility index (Phi) is 8.12. The molecule has 0 spiro atoms. The fraction of sp³-hybridized carbons (Fsp3) is 0.435. The van der Waals surface area contributed by atoms with Gasteiger partial charge in [0, 0.05) is 30.9 Å². The Morgan fingerprint density at radius 3 is 2.28 bits per heavy atom. The number of ether oxygens (including phenoxy) is 1. The topological polar surface area (TPSA) is 61.8 Å². The molecule has 176 valence electrons. The number of phenols is 1. The summed E-state index contributed by atoms with van der Waals surface area (Å²) in [6, 6.07) is 4.17. The second kappa shape index (κ2) is 10.2. The van der Waals surface area contributed by atoms with Crippen LogP contribution in [0.2, 0.25) is 0 Å². The minimum Gasteiger partial charge on any atom is -0.507 e. The van der Waals surface area contributed by atoms with Gasteiger partial charge >= 0.3 is 12.1 Å². The van der Waals surface area contributed by atoms with Gasteiger partial charge in [-0.1, -0.05) is 26.0 Å². The zero-order valence-corrected chi connectivity index (χ0v) is 18.6. The van der Waals surface area contributed by atoms with Gasteiger partial charge in [0.25, 0.3) is 0 Å². The number of carbonyl (C=O) groups excluding carboxylic acids is 1. The molecule has 0 aliphatic heterocycles. The summed E-state index contributed by atoms with van der Waals surface area (Å²) < 4.78 is 61.1. The number of rotatable bonds is 8. The highest BCUT2D eigenvalue weighted by molar-refractivity contribution is 5.76. The SMILES string of the molecule is COC(=O)[C@H](CC(C)C)NC(c1ccc(-c2cc(N(C)C)ccc2O)c(F)c1)C(F)(F)F. The number of alkyl halides is 3. The number of anilines is 1. The van der Waals surface area contributed by atoms with Crippen LogP contribution in [-0.2, 0) is 9.53 Å². The number of hydrogen-bond acceptors (Lipinski definition) is 5. The lowest BCUT2D eigenvalue weighted by Crippen LogP contribution is -2.45. The maximum absolute atomic E-state index is 15.0. The van der Waals surface area contributed by atoms with Gasteiger partial charge in [-0.05, 0) is 42.2 Å². The molecule has 1 unspecified atom stereocenters. The minimum atomic E-state index is -4.79. The molecule has 2 N–H and O–H groups in total. The molecule has 0 heterocycles. The molecule has 0 bridgehead atoms. The number of phenolic OH excluding ortho intramolecular Hbond substituents is 1. The van der Waals surface area contributed by atoms with E-state index in [0.717, 1.165) is 19.2 Å². The van der Waals surface area contributed by atoms with E-state index in [1.165, 1.54) is 12.1 Å². The smallest absolute Gasteiger partial charge is 0.407 e. The molecule has 0 aliphatic rings. The lowest BCUT2D eigenvalue weighted by atomic mass is 9.97. The van der Waals surface area contributed by atoms with Gasteiger partial charge in [-0.3, -0.25) is 10.1 Å². The summed E-state index contributed by atoms with van der Waals surface area (Å²) in [6.07, 6.45) is -4.67. The van der Waals surface area contributed by atoms with Crippen molar-refractivity contribution in [3.05, 3.63) is 47.8 Å². The number of aromatic hydroxyl groups is 1. The lowest BCUT2D eigenvalue weighted by molar-refractivity contribution is -0.164. The number of esters is 1. The zero-order chi connectivity index (χ0) is 24.2. The summed E-state index contributed by atoms with van der Waals surface area (Å²) in [5.41, 5.74) is 0.414. The van der Waals surface area contributed by atoms with E-state index in [9.17, 15) is 27.5 Å². The van der Waals surface area contributed by atoms with E-state index in [4.69, 9.17) is 0 Å². The Balaban J connectivity index is 2.47. The highest BCUT2D eigenvalue weighted by Crippen LogP contribution is 2.38. The highest BCUT2D eigenvalue weighted by atomic mass is 19.4. The van der Waals surface area contributed by atoms with Crippen LogP contribution >= 0.6 is 0 Å². The van der Waals surface area contributed by atoms with Crippen molar-refractivity contribution in [2.45, 2.75) is 38.5 Å². The number of hydrogen-bond donors (Lipinski definition) is 2. The largest absolute Gasteiger partial charge is 0.507 e. The second-order valence-corrected chi connectivity index (χ2v) is 8.18. The molecule has 0 amide bonds. The predicted octanol–water partition coefficient (Wildman–Crippen LogP) is 5.05. The van der Waals surface area contributed by atoms with Crippen LogP contribution in [0.3, 0.4) is 0 Å². The van der Waals surface area contributed by atoms with E-state index in [1.54, 1.807) is 45.0 Å². The number of nitrogens with zero attached hydrogens (tertiary/aromatic N) is 1. The molecule has 2 aromatic rings. The molecular weight excluding hydrogens is 428 g/mol. The average molecular weight is 456 g/mol. The molecular formula is C23H28F4N2O3. The minimum absolute atomic E-state index is 0.0393. The molecule has 2 rings (SSSR count). The molecule has 0 fully saturated rings. The third-order valence-corrected chi connectivity index (χ3v) is 5.00. The number of methoxy groups -OCH3 is 1. The van der Waals surface area contributed by atoms with Gasteiger partial charge < -0.3 is 14.7 Å². The molecule has 2 aromatic carbocycles. The number of nitrogens with one attached hydrogen (secondary N) is 1. The third-order valence-electron chi connectivity index (χ3n) is 5.00. The van der Waals surface area contributed by atoms with Crippen LogP contribution < -0.4 is 10.2 Å². The van der Waals surface area contributed by atoms with Crippen molar-refractivity contribution in [3.63, 3.8) is 0 Å². The molecule has 0 aliphatic carbocycles. The molecule has 0 saturated heterocycles. The number of carbonyl (C=O) groups is 1. The summed E-state index contributed by atoms with van der Waals surface area (Å²) >= 11 is 0. The first-order valence-electron chi connectivity index (χ1n) is 10.1. The molecule has 32 heavy (non-hydrogen) atoms. The fourth-order valence-electron chi connectivity index (χ4n) is 3.37. The number of halogens is 4. The van der Waals surface area contributed by atoms with E-state index in [2.05, 4.69) is 10.1 Å². The van der Waals surface area contributed by atoms with Gasteiger partial charge in [0.2, 0.25) is 0 Å². The molecule has 5 nitrogen and oxygen atoms in total. The molecule has 9 heteroatoms. The molecule has 0 saturated carbocycles. The number of benzene rings is 2. The van der Waals surface area contributed by atoms with Gasteiger partial charge in [0.05, 0.1) is 7.11 Å². The molecule has 2 atom stereocenters. The molecule has 0 radical (unpaired) electrons. The van der Waals surface area contributed by atoms with Crippen molar-refractivity contribution < 1.29 is 32.2 Å². The second-order valence-electron chi connectivity index (χ2n) is 8.18. The maximum Gasteiger partial charge on any atom is 0.407 e. The summed E-state index contributed by atoms with van der Waals surface area (Å²) in [7, 11) is 4.64. The van der Waals surface area contributed by atoms with Gasteiger partial charge in [-0.2, -0.15) is 13.2 Å². The standard InChI is InChI=1S/C23H28F4N2O3/c1-13(2)10-19(22(31)32-5)28-21(23(25,26)27)14-6-8-16(18(24)11-14)17-12-15(29(3)4)7-9-20(17)30/h6-9,11-13,19,21,28,30H,10H2,1-5H3/t19-,21?/m0/s1. The van der Waals surface area contributed by atoms with E-state index in [1.807, 2.05) is 0 Å². The third kappa shape index (κ3) is 6.12. The Morgan fingerprint density at radius 1 is 1.12 bits per heavy atom. The normalized spacial score (nSPS) is 13.7. The summed E-state index contributed by atoms with van der Waals surface area (Å²) in [5.74, 6) is -2.03. The van der Waals surface area contributed by atoms with Crippen LogP contribution in [0.25, 0.3) is 11.1 Å². The van der Waals surface area contributed by atoms with Crippen molar-refractivity contribution in [1.82, 2.24) is 5.32 Å². The van der Waals surface area contributed by atoms with Crippen molar-refractivity contribution in [3.8, 4) is 16.9 Å². The van der Waals surface area contributed by atoms with Crippen LogP contribution in [-0.4, -0.2) is 44.5 Å². The van der Waals surface area contributed by atoms with Gasteiger partial charge in [0.15, 0.2) is 0 Å². The Morgan fingerprint density at radius 2 is 1.78 bits per heavy atom. The van der Waals surface area contributed by atoms with Crippen molar-refractivity contribution in [2.24, 2.45) is 5.92 Å². The summed E-state index contributed by atoms with van der Waals surface area (Å²) in [6.45, 7) is 3.53. The first-order chi connectivity index (χ1) is 14.8. The van der Waals surface area contributed by atoms with Crippen LogP contribution in [0.5, 0.6) is 5.75 Å². The van der Waals surface area contributed by atoms with E-state index < -0.39 is 30.0 Å².